The van der Waals surface area contributed by atoms with Gasteiger partial charge in [0.2, 0.25) is 5.95 Å². The van der Waals surface area contributed by atoms with Crippen molar-refractivity contribution in [3.63, 3.8) is 0 Å². The van der Waals surface area contributed by atoms with Gasteiger partial charge in [-0.1, -0.05) is 5.21 Å². The number of nitrogens with zero attached hydrogens (tertiary/aromatic N) is 4. The zero-order chi connectivity index (χ0) is 14.9. The first kappa shape index (κ1) is 14.6. The number of nitrogens with one attached hydrogen (secondary N) is 1. The molecule has 0 bridgehead atoms. The molecule has 11 nitrogen and oxygen atoms in total. The third-order valence-corrected chi connectivity index (χ3v) is 2.83. The molecule has 5 N–H and O–H groups in total. The van der Waals surface area contributed by atoms with Crippen LogP contribution in [0.1, 0.15) is 6.92 Å². The molecule has 20 heavy (non-hydrogen) atoms. The van der Waals surface area contributed by atoms with Gasteiger partial charge in [0.25, 0.3) is 5.56 Å². The summed E-state index contributed by atoms with van der Waals surface area (Å²) in [5, 5.41) is 7.40. The first-order chi connectivity index (χ1) is 9.26. The van der Waals surface area contributed by atoms with Crippen LogP contribution in [-0.2, 0) is 15.8 Å². The smallest absolute Gasteiger partial charge is 0.350 e. The molecule has 0 amide bonds. The number of nitrogen functional groups attached to an aromatic ring is 1. The Bertz CT molecular complexity index is 720. The molecule has 0 fully saturated rings. The van der Waals surface area contributed by atoms with Crippen molar-refractivity contribution in [3.05, 3.63) is 10.4 Å². The fraction of sp³-hybridized carbons (Fsp3) is 0.500. The van der Waals surface area contributed by atoms with E-state index in [0.717, 1.165) is 0 Å². The monoisotopic (exact) mass is 304 g/mol. The highest BCUT2D eigenvalue weighted by Gasteiger charge is 2.18. The summed E-state index contributed by atoms with van der Waals surface area (Å²) in [5.41, 5.74) is 5.13. The number of aromatic amines is 1. The summed E-state index contributed by atoms with van der Waals surface area (Å²) >= 11 is 0. The Kier molecular flexibility index (Phi) is 3.86. The van der Waals surface area contributed by atoms with E-state index in [2.05, 4.69) is 20.3 Å². The minimum absolute atomic E-state index is 0.0291. The first-order valence-electron chi connectivity index (χ1n) is 5.51. The van der Waals surface area contributed by atoms with Gasteiger partial charge >= 0.3 is 7.60 Å². The highest BCUT2D eigenvalue weighted by atomic mass is 31.2. The SMILES string of the molecule is C[C@H](Cn1nnc2c(=O)[nH]c(N)nc21)OCP(=O)(O)O. The van der Waals surface area contributed by atoms with Crippen LogP contribution in [0.15, 0.2) is 4.79 Å². The number of ether oxygens (including phenoxy) is 1. The van der Waals surface area contributed by atoms with E-state index in [9.17, 15) is 9.36 Å². The van der Waals surface area contributed by atoms with E-state index in [4.69, 9.17) is 20.3 Å². The number of nitrogens with two attached hydrogens (primary N) is 1. The van der Waals surface area contributed by atoms with Crippen molar-refractivity contribution in [2.45, 2.75) is 19.6 Å². The maximum atomic E-state index is 11.5. The third-order valence-electron chi connectivity index (χ3n) is 2.35. The van der Waals surface area contributed by atoms with Gasteiger partial charge in [0.1, 0.15) is 6.35 Å². The molecule has 2 aromatic rings. The van der Waals surface area contributed by atoms with Gasteiger partial charge in [-0.05, 0) is 6.92 Å². The molecule has 1 atom stereocenters. The van der Waals surface area contributed by atoms with Gasteiger partial charge in [-0.3, -0.25) is 14.3 Å². The summed E-state index contributed by atoms with van der Waals surface area (Å²) in [6, 6.07) is 0. The lowest BCUT2D eigenvalue weighted by Crippen LogP contribution is -2.19. The number of rotatable bonds is 5. The van der Waals surface area contributed by atoms with Crippen molar-refractivity contribution in [2.24, 2.45) is 0 Å². The van der Waals surface area contributed by atoms with Gasteiger partial charge in [-0.15, -0.1) is 5.10 Å². The second-order valence-electron chi connectivity index (χ2n) is 4.17. The summed E-state index contributed by atoms with van der Waals surface area (Å²) in [6.45, 7) is 1.71. The molecule has 110 valence electrons. The predicted octanol–water partition coefficient (Wildman–Crippen LogP) is -1.36. The van der Waals surface area contributed by atoms with Crippen LogP contribution in [0.5, 0.6) is 0 Å². The summed E-state index contributed by atoms with van der Waals surface area (Å²) < 4.78 is 17.0. The van der Waals surface area contributed by atoms with Gasteiger partial charge < -0.3 is 20.3 Å². The second-order valence-corrected chi connectivity index (χ2v) is 5.75. The standard InChI is InChI=1S/C8H13N6O5P/c1-4(19-3-20(16,17)18)2-14-6-5(12-13-14)7(15)11-8(9)10-6/h4H,2-3H2,1H3,(H2,16,17,18)(H3,9,10,11,15)/t4-/m1/s1. The molecule has 0 saturated heterocycles. The van der Waals surface area contributed by atoms with Gasteiger partial charge in [-0.25, -0.2) is 4.68 Å². The topological polar surface area (TPSA) is 169 Å². The maximum absolute atomic E-state index is 11.5. The van der Waals surface area contributed by atoms with E-state index in [1.165, 1.54) is 4.68 Å². The van der Waals surface area contributed by atoms with E-state index in [-0.39, 0.29) is 23.7 Å². The van der Waals surface area contributed by atoms with E-state index < -0.39 is 25.6 Å². The van der Waals surface area contributed by atoms with Crippen molar-refractivity contribution in [2.75, 3.05) is 12.1 Å². The summed E-state index contributed by atoms with van der Waals surface area (Å²) in [6.07, 6.45) is -1.26. The molecule has 0 saturated carbocycles. The molecule has 0 unspecified atom stereocenters. The molecule has 2 heterocycles. The fourth-order valence-electron chi connectivity index (χ4n) is 1.53. The molecule has 12 heteroatoms. The molecule has 0 aromatic carbocycles. The number of fused-ring (bicyclic) bond motifs is 1. The molecular formula is C8H13N6O5P. The zero-order valence-electron chi connectivity index (χ0n) is 10.4. The average molecular weight is 304 g/mol. The largest absolute Gasteiger partial charge is 0.369 e. The van der Waals surface area contributed by atoms with Gasteiger partial charge in [0.05, 0.1) is 12.6 Å². The Labute approximate surface area is 111 Å². The molecule has 2 rings (SSSR count). The van der Waals surface area contributed by atoms with Crippen molar-refractivity contribution < 1.29 is 19.1 Å². The van der Waals surface area contributed by atoms with E-state index in [1.54, 1.807) is 6.92 Å². The summed E-state index contributed by atoms with van der Waals surface area (Å²) in [7, 11) is -4.23. The van der Waals surface area contributed by atoms with E-state index in [1.807, 2.05) is 0 Å². The molecule has 0 aliphatic heterocycles. The van der Waals surface area contributed by atoms with Crippen LogP contribution >= 0.6 is 7.60 Å². The Balaban J connectivity index is 2.18. The van der Waals surface area contributed by atoms with Gasteiger partial charge in [-0.2, -0.15) is 4.98 Å². The number of H-pyrrole nitrogens is 1. The van der Waals surface area contributed by atoms with Crippen LogP contribution in [0, 0.1) is 0 Å². The van der Waals surface area contributed by atoms with E-state index in [0.29, 0.717) is 0 Å². The van der Waals surface area contributed by atoms with Crippen LogP contribution in [0.2, 0.25) is 0 Å². The minimum atomic E-state index is -4.23. The lowest BCUT2D eigenvalue weighted by atomic mass is 10.4. The molecule has 2 aromatic heterocycles. The van der Waals surface area contributed by atoms with Crippen LogP contribution in [0.3, 0.4) is 0 Å². The summed E-state index contributed by atoms with van der Waals surface area (Å²) in [5.74, 6) is -0.0742. The maximum Gasteiger partial charge on any atom is 0.350 e. The quantitative estimate of drug-likeness (QED) is 0.487. The lowest BCUT2D eigenvalue weighted by Gasteiger charge is -2.13. The highest BCUT2D eigenvalue weighted by Crippen LogP contribution is 2.34. The fourth-order valence-corrected chi connectivity index (χ4v) is 1.98. The Morgan fingerprint density at radius 2 is 2.25 bits per heavy atom. The molecule has 0 aliphatic rings. The molecular weight excluding hydrogens is 291 g/mol. The zero-order valence-corrected chi connectivity index (χ0v) is 11.3. The lowest BCUT2D eigenvalue weighted by molar-refractivity contribution is 0.0735. The van der Waals surface area contributed by atoms with E-state index >= 15 is 0 Å². The van der Waals surface area contributed by atoms with Crippen LogP contribution in [-0.4, -0.2) is 47.2 Å². The number of hydrogen-bond acceptors (Lipinski definition) is 7. The predicted molar refractivity (Wildman–Crippen MR) is 67.8 cm³/mol. The van der Waals surface area contributed by atoms with Crippen LogP contribution in [0.4, 0.5) is 5.95 Å². The van der Waals surface area contributed by atoms with Gasteiger partial charge in [0, 0.05) is 0 Å². The Hall–Kier alpha value is -1.81. The van der Waals surface area contributed by atoms with Crippen molar-refractivity contribution in [1.29, 1.82) is 0 Å². The Morgan fingerprint density at radius 1 is 1.55 bits per heavy atom. The second kappa shape index (κ2) is 5.29. The number of anilines is 1. The van der Waals surface area contributed by atoms with Crippen molar-refractivity contribution >= 4 is 24.7 Å². The number of hydrogen-bond donors (Lipinski definition) is 4. The Morgan fingerprint density at radius 3 is 2.90 bits per heavy atom. The average Bonchev–Trinajstić information content (AvgIpc) is 2.69. The van der Waals surface area contributed by atoms with Crippen LogP contribution < -0.4 is 11.3 Å². The van der Waals surface area contributed by atoms with Crippen LogP contribution in [0.25, 0.3) is 11.2 Å². The van der Waals surface area contributed by atoms with Crippen molar-refractivity contribution in [3.8, 4) is 0 Å². The molecule has 0 spiro atoms. The minimum Gasteiger partial charge on any atom is -0.369 e. The first-order valence-corrected chi connectivity index (χ1v) is 7.31. The number of aromatic nitrogens is 5. The highest BCUT2D eigenvalue weighted by molar-refractivity contribution is 7.51. The van der Waals surface area contributed by atoms with Gasteiger partial charge in [0.15, 0.2) is 11.2 Å². The molecule has 0 radical (unpaired) electrons. The summed E-state index contributed by atoms with van der Waals surface area (Å²) in [4.78, 5) is 35.2. The van der Waals surface area contributed by atoms with Crippen molar-refractivity contribution in [1.82, 2.24) is 25.0 Å². The third kappa shape index (κ3) is 3.39. The molecule has 0 aliphatic carbocycles. The normalized spacial score (nSPS) is 13.8.